The molecular formula is C13H12ClN3OS2. The topological polar surface area (TPSA) is 45.6 Å². The first-order valence-corrected chi connectivity index (χ1v) is 8.79. The van der Waals surface area contributed by atoms with Gasteiger partial charge in [0.2, 0.25) is 0 Å². The number of para-hydroxylation sites is 1. The van der Waals surface area contributed by atoms with Gasteiger partial charge in [-0.3, -0.25) is 4.79 Å². The number of benzene rings is 1. The number of carbonyl (C=O) groups excluding carboxylic acids is 1. The Morgan fingerprint density at radius 2 is 2.05 bits per heavy atom. The minimum absolute atomic E-state index is 0.0474. The van der Waals surface area contributed by atoms with Crippen molar-refractivity contribution in [2.75, 3.05) is 13.1 Å². The summed E-state index contributed by atoms with van der Waals surface area (Å²) in [5.74, 6) is 0.0474. The lowest BCUT2D eigenvalue weighted by Gasteiger charge is -2.16. The summed E-state index contributed by atoms with van der Waals surface area (Å²) in [4.78, 5) is 18.9. The molecule has 7 heteroatoms. The van der Waals surface area contributed by atoms with Gasteiger partial charge < -0.3 is 4.90 Å². The molecule has 0 N–H and O–H groups in total. The number of hydrogen-bond donors (Lipinski definition) is 0. The lowest BCUT2D eigenvalue weighted by Crippen LogP contribution is -2.27. The monoisotopic (exact) mass is 325 g/mol. The maximum absolute atomic E-state index is 12.5. The van der Waals surface area contributed by atoms with Crippen LogP contribution >= 0.6 is 32.5 Å². The highest BCUT2D eigenvalue weighted by atomic mass is 35.5. The summed E-state index contributed by atoms with van der Waals surface area (Å²) in [6.45, 7) is 1.66. The molecule has 1 saturated heterocycles. The minimum Gasteiger partial charge on any atom is -0.339 e. The molecule has 0 bridgehead atoms. The van der Waals surface area contributed by atoms with Crippen LogP contribution in [0.5, 0.6) is 0 Å². The van der Waals surface area contributed by atoms with Crippen molar-refractivity contribution in [3.8, 4) is 0 Å². The molecular weight excluding hydrogens is 314 g/mol. The third-order valence-electron chi connectivity index (χ3n) is 3.16. The van der Waals surface area contributed by atoms with E-state index in [2.05, 4.69) is 9.37 Å². The number of carbonyl (C=O) groups is 1. The summed E-state index contributed by atoms with van der Waals surface area (Å²) < 4.78 is 4.65. The first-order chi connectivity index (χ1) is 9.75. The molecule has 4 nitrogen and oxygen atoms in total. The molecule has 0 spiro atoms. The minimum atomic E-state index is 0.0474. The van der Waals surface area contributed by atoms with Crippen LogP contribution in [0.1, 0.15) is 23.2 Å². The number of likely N-dealkylation sites (tertiary alicyclic amines) is 1. The number of hydrogen-bond acceptors (Lipinski definition) is 5. The van der Waals surface area contributed by atoms with Crippen molar-refractivity contribution in [1.82, 2.24) is 9.27 Å². The van der Waals surface area contributed by atoms with E-state index in [-0.39, 0.29) is 5.91 Å². The van der Waals surface area contributed by atoms with Crippen LogP contribution in [0.4, 0.5) is 5.69 Å². The molecule has 0 atom stereocenters. The zero-order valence-electron chi connectivity index (χ0n) is 10.6. The van der Waals surface area contributed by atoms with E-state index in [0.29, 0.717) is 21.1 Å². The lowest BCUT2D eigenvalue weighted by molar-refractivity contribution is 0.0793. The van der Waals surface area contributed by atoms with Crippen LogP contribution in [-0.2, 0) is 0 Å². The first kappa shape index (κ1) is 13.7. The molecule has 104 valence electrons. The van der Waals surface area contributed by atoms with Gasteiger partial charge in [0.15, 0.2) is 9.82 Å². The fraction of sp³-hybridized carbons (Fsp3) is 0.308. The molecule has 2 aromatic rings. The molecule has 0 aliphatic carbocycles. The Hall–Kier alpha value is -1.24. The summed E-state index contributed by atoms with van der Waals surface area (Å²) in [6, 6.07) is 7.39. The fourth-order valence-corrected chi connectivity index (χ4v) is 4.16. The standard InChI is InChI=1S/C13H12ClN3OS2/c14-11-12(19-20-16-11)15-10-6-2-1-5-9(10)13(18)17-7-3-4-8-17/h1-2,5-6H,3-4,7-8H2. The van der Waals surface area contributed by atoms with Gasteiger partial charge >= 0.3 is 0 Å². The van der Waals surface area contributed by atoms with Gasteiger partial charge in [0.1, 0.15) is 0 Å². The fourth-order valence-electron chi connectivity index (χ4n) is 2.18. The van der Waals surface area contributed by atoms with Gasteiger partial charge in [0.25, 0.3) is 5.91 Å². The predicted molar refractivity (Wildman–Crippen MR) is 81.8 cm³/mol. The molecule has 0 unspecified atom stereocenters. The van der Waals surface area contributed by atoms with E-state index in [1.54, 1.807) is 0 Å². The number of amides is 1. The van der Waals surface area contributed by atoms with Gasteiger partial charge in [-0.2, -0.15) is 4.37 Å². The second-order valence-electron chi connectivity index (χ2n) is 4.47. The molecule has 0 radical (unpaired) electrons. The second kappa shape index (κ2) is 6.03. The van der Waals surface area contributed by atoms with Crippen molar-refractivity contribution in [3.63, 3.8) is 0 Å². The van der Waals surface area contributed by atoms with E-state index >= 15 is 0 Å². The Labute approximate surface area is 128 Å². The molecule has 1 fully saturated rings. The first-order valence-electron chi connectivity index (χ1n) is 6.30. The SMILES string of the molecule is O=C(c1ccccc1N=c1ssnc1Cl)N1CCCC1. The van der Waals surface area contributed by atoms with Crippen LogP contribution in [0.15, 0.2) is 29.3 Å². The van der Waals surface area contributed by atoms with Crippen LogP contribution in [0.3, 0.4) is 0 Å². The summed E-state index contributed by atoms with van der Waals surface area (Å²) in [5.41, 5.74) is 1.28. The van der Waals surface area contributed by atoms with Crippen molar-refractivity contribution in [1.29, 1.82) is 0 Å². The van der Waals surface area contributed by atoms with Crippen LogP contribution in [0, 0.1) is 0 Å². The predicted octanol–water partition coefficient (Wildman–Crippen LogP) is 3.33. The van der Waals surface area contributed by atoms with Crippen LogP contribution < -0.4 is 4.67 Å². The molecule has 2 heterocycles. The molecule has 20 heavy (non-hydrogen) atoms. The third kappa shape index (κ3) is 2.77. The molecule has 1 amide bonds. The Bertz CT molecular complexity index is 689. The third-order valence-corrected chi connectivity index (χ3v) is 5.33. The summed E-state index contributed by atoms with van der Waals surface area (Å²) >= 11 is 5.97. The molecule has 1 aliphatic rings. The summed E-state index contributed by atoms with van der Waals surface area (Å²) in [7, 11) is 2.70. The van der Waals surface area contributed by atoms with Gasteiger partial charge in [-0.05, 0) is 35.3 Å². The smallest absolute Gasteiger partial charge is 0.256 e. The maximum atomic E-state index is 12.5. The Morgan fingerprint density at radius 3 is 2.75 bits per heavy atom. The zero-order chi connectivity index (χ0) is 13.9. The van der Waals surface area contributed by atoms with Gasteiger partial charge in [0, 0.05) is 23.6 Å². The van der Waals surface area contributed by atoms with Crippen molar-refractivity contribution >= 4 is 44.1 Å². The van der Waals surface area contributed by atoms with Gasteiger partial charge in [0.05, 0.1) is 11.3 Å². The molecule has 1 aromatic carbocycles. The van der Waals surface area contributed by atoms with Crippen LogP contribution in [-0.4, -0.2) is 28.3 Å². The van der Waals surface area contributed by atoms with E-state index in [4.69, 9.17) is 11.6 Å². The van der Waals surface area contributed by atoms with Gasteiger partial charge in [-0.15, -0.1) is 0 Å². The second-order valence-corrected chi connectivity index (χ2v) is 6.66. The normalized spacial score (nSPS) is 15.8. The lowest BCUT2D eigenvalue weighted by atomic mass is 10.1. The molecule has 3 rings (SSSR count). The number of halogens is 1. The Morgan fingerprint density at radius 1 is 1.30 bits per heavy atom. The van der Waals surface area contributed by atoms with Crippen molar-refractivity contribution in [2.24, 2.45) is 4.99 Å². The van der Waals surface area contributed by atoms with Gasteiger partial charge in [-0.25, -0.2) is 4.99 Å². The Balaban J connectivity index is 2.00. The van der Waals surface area contributed by atoms with Gasteiger partial charge in [-0.1, -0.05) is 23.7 Å². The highest BCUT2D eigenvalue weighted by Gasteiger charge is 2.21. The number of rotatable bonds is 2. The number of nitrogens with zero attached hydrogens (tertiary/aromatic N) is 3. The maximum Gasteiger partial charge on any atom is 0.256 e. The largest absolute Gasteiger partial charge is 0.339 e. The van der Waals surface area contributed by atoms with Crippen LogP contribution in [0.25, 0.3) is 0 Å². The zero-order valence-corrected chi connectivity index (χ0v) is 13.0. The van der Waals surface area contributed by atoms with Crippen molar-refractivity contribution in [3.05, 3.63) is 39.7 Å². The van der Waals surface area contributed by atoms with Crippen LogP contribution in [0.2, 0.25) is 5.15 Å². The molecule has 1 aliphatic heterocycles. The van der Waals surface area contributed by atoms with E-state index in [1.807, 2.05) is 29.2 Å². The summed E-state index contributed by atoms with van der Waals surface area (Å²) in [6.07, 6.45) is 2.15. The number of aromatic nitrogens is 1. The van der Waals surface area contributed by atoms with E-state index in [0.717, 1.165) is 25.9 Å². The quantitative estimate of drug-likeness (QED) is 0.795. The summed E-state index contributed by atoms with van der Waals surface area (Å²) in [5, 5.41) is 0.392. The highest BCUT2D eigenvalue weighted by Crippen LogP contribution is 2.22. The molecule has 0 saturated carbocycles. The van der Waals surface area contributed by atoms with Crippen molar-refractivity contribution < 1.29 is 4.79 Å². The Kier molecular flexibility index (Phi) is 4.14. The average molecular weight is 326 g/mol. The van der Waals surface area contributed by atoms with E-state index < -0.39 is 0 Å². The molecule has 1 aromatic heterocycles. The van der Waals surface area contributed by atoms with E-state index in [1.165, 1.54) is 20.9 Å². The highest BCUT2D eigenvalue weighted by molar-refractivity contribution is 7.66. The average Bonchev–Trinajstić information content (AvgIpc) is 3.11. The van der Waals surface area contributed by atoms with Crippen molar-refractivity contribution in [2.45, 2.75) is 12.8 Å². The van der Waals surface area contributed by atoms with E-state index in [9.17, 15) is 4.79 Å².